The smallest absolute Gasteiger partial charge is 0.328 e. The first-order valence-electron chi connectivity index (χ1n) is 8.34. The summed E-state index contributed by atoms with van der Waals surface area (Å²) < 4.78 is 0. The molecule has 130 valence electrons. The Labute approximate surface area is 146 Å². The van der Waals surface area contributed by atoms with Gasteiger partial charge in [0.25, 0.3) is 0 Å². The Hall–Kier alpha value is -2.80. The number of carboxylic acid groups (broad SMARTS) is 1. The Bertz CT molecular complexity index is 757. The van der Waals surface area contributed by atoms with Gasteiger partial charge >= 0.3 is 5.97 Å². The molecule has 7 nitrogen and oxygen atoms in total. The molecule has 0 aromatic carbocycles. The van der Waals surface area contributed by atoms with Crippen molar-refractivity contribution in [1.82, 2.24) is 20.3 Å². The third-order valence-electron chi connectivity index (χ3n) is 4.14. The van der Waals surface area contributed by atoms with E-state index in [1.165, 1.54) is 18.9 Å². The van der Waals surface area contributed by atoms with Crippen LogP contribution >= 0.6 is 0 Å². The summed E-state index contributed by atoms with van der Waals surface area (Å²) >= 11 is 0. The third-order valence-corrected chi connectivity index (χ3v) is 4.14. The van der Waals surface area contributed by atoms with Crippen molar-refractivity contribution in [3.05, 3.63) is 42.5 Å². The number of nitrogens with zero attached hydrogens (tertiary/aromatic N) is 3. The normalized spacial score (nSPS) is 15.4. The Morgan fingerprint density at radius 1 is 1.24 bits per heavy atom. The van der Waals surface area contributed by atoms with Crippen LogP contribution in [0, 0.1) is 5.92 Å². The fourth-order valence-corrected chi connectivity index (χ4v) is 2.78. The van der Waals surface area contributed by atoms with Crippen LogP contribution in [0.1, 0.15) is 18.4 Å². The lowest BCUT2D eigenvalue weighted by atomic mass is 9.98. The maximum absolute atomic E-state index is 10.6. The van der Waals surface area contributed by atoms with Crippen LogP contribution in [-0.4, -0.2) is 45.7 Å². The second kappa shape index (κ2) is 8.34. The molecule has 0 radical (unpaired) electrons. The summed E-state index contributed by atoms with van der Waals surface area (Å²) in [4.78, 5) is 23.6. The predicted octanol–water partition coefficient (Wildman–Crippen LogP) is 2.05. The molecule has 3 N–H and O–H groups in total. The number of rotatable bonds is 6. The van der Waals surface area contributed by atoms with Crippen molar-refractivity contribution in [1.29, 1.82) is 0 Å². The molecule has 0 bridgehead atoms. The molecule has 1 aliphatic heterocycles. The molecular weight excluding hydrogens is 318 g/mol. The molecule has 25 heavy (non-hydrogen) atoms. The maximum Gasteiger partial charge on any atom is 0.328 e. The highest BCUT2D eigenvalue weighted by Crippen LogP contribution is 2.19. The van der Waals surface area contributed by atoms with E-state index in [0.29, 0.717) is 17.2 Å². The summed E-state index contributed by atoms with van der Waals surface area (Å²) in [7, 11) is 0. The summed E-state index contributed by atoms with van der Waals surface area (Å²) in [6.07, 6.45) is 11.6. The second-order valence-electron chi connectivity index (χ2n) is 6.04. The number of hydrogen-bond donors (Lipinski definition) is 3. The first kappa shape index (κ1) is 17.0. The lowest BCUT2D eigenvalue weighted by molar-refractivity contribution is -0.131. The zero-order chi connectivity index (χ0) is 17.5. The van der Waals surface area contributed by atoms with Gasteiger partial charge in [-0.1, -0.05) is 0 Å². The average Bonchev–Trinajstić information content (AvgIpc) is 2.66. The number of hydrogen-bond acceptors (Lipinski definition) is 6. The maximum atomic E-state index is 10.6. The molecule has 0 atom stereocenters. The molecule has 1 saturated heterocycles. The Kier molecular flexibility index (Phi) is 5.69. The zero-order valence-electron chi connectivity index (χ0n) is 13.9. The molecule has 0 unspecified atom stereocenters. The van der Waals surface area contributed by atoms with E-state index in [1.807, 2.05) is 6.07 Å². The molecule has 2 aromatic rings. The summed E-state index contributed by atoms with van der Waals surface area (Å²) in [6.45, 7) is 3.03. The largest absolute Gasteiger partial charge is 0.478 e. The van der Waals surface area contributed by atoms with E-state index in [9.17, 15) is 4.79 Å². The summed E-state index contributed by atoms with van der Waals surface area (Å²) in [5.74, 6) is 0.398. The van der Waals surface area contributed by atoms with Crippen molar-refractivity contribution in [2.24, 2.45) is 5.92 Å². The molecule has 7 heteroatoms. The second-order valence-corrected chi connectivity index (χ2v) is 6.04. The number of piperidine rings is 1. The van der Waals surface area contributed by atoms with Crippen molar-refractivity contribution in [3.8, 4) is 11.3 Å². The molecule has 1 fully saturated rings. The van der Waals surface area contributed by atoms with Gasteiger partial charge in [-0.15, -0.1) is 0 Å². The van der Waals surface area contributed by atoms with Gasteiger partial charge in [-0.2, -0.15) is 0 Å². The van der Waals surface area contributed by atoms with Gasteiger partial charge in [0.2, 0.25) is 0 Å². The van der Waals surface area contributed by atoms with Gasteiger partial charge in [-0.05, 0) is 49.6 Å². The van der Waals surface area contributed by atoms with Crippen LogP contribution in [0.25, 0.3) is 17.3 Å². The topological polar surface area (TPSA) is 100 Å². The van der Waals surface area contributed by atoms with E-state index < -0.39 is 5.97 Å². The Morgan fingerprint density at radius 3 is 2.84 bits per heavy atom. The first-order valence-corrected chi connectivity index (χ1v) is 8.34. The van der Waals surface area contributed by atoms with E-state index >= 15 is 0 Å². The van der Waals surface area contributed by atoms with E-state index in [4.69, 9.17) is 5.11 Å². The highest BCUT2D eigenvalue weighted by Gasteiger charge is 2.13. The van der Waals surface area contributed by atoms with Gasteiger partial charge in [-0.25, -0.2) is 9.78 Å². The van der Waals surface area contributed by atoms with Gasteiger partial charge < -0.3 is 15.7 Å². The minimum Gasteiger partial charge on any atom is -0.478 e. The van der Waals surface area contributed by atoms with Crippen molar-refractivity contribution < 1.29 is 9.90 Å². The van der Waals surface area contributed by atoms with E-state index in [-0.39, 0.29) is 0 Å². The summed E-state index contributed by atoms with van der Waals surface area (Å²) in [5, 5.41) is 15.4. The average molecular weight is 339 g/mol. The molecule has 0 amide bonds. The summed E-state index contributed by atoms with van der Waals surface area (Å²) in [6, 6.07) is 1.84. The number of aromatic nitrogens is 3. The standard InChI is InChI=1S/C18H21N5O2/c24-18(25)2-1-14-7-15(10-20-8-14)16-11-21-12-17(23-16)22-9-13-3-5-19-6-4-13/h1-2,7-8,10-13,19H,3-6,9H2,(H,22,23)(H,24,25). The summed E-state index contributed by atoms with van der Waals surface area (Å²) in [5.41, 5.74) is 2.20. The molecule has 0 saturated carbocycles. The highest BCUT2D eigenvalue weighted by atomic mass is 16.4. The molecular formula is C18H21N5O2. The SMILES string of the molecule is O=C(O)C=Cc1cncc(-c2cncc(NCC3CCNCC3)n2)c1. The van der Waals surface area contributed by atoms with Crippen molar-refractivity contribution in [3.63, 3.8) is 0 Å². The number of nitrogens with one attached hydrogen (secondary N) is 2. The van der Waals surface area contributed by atoms with Crippen LogP contribution in [0.5, 0.6) is 0 Å². The fourth-order valence-electron chi connectivity index (χ4n) is 2.78. The molecule has 2 aromatic heterocycles. The van der Waals surface area contributed by atoms with Crippen LogP contribution < -0.4 is 10.6 Å². The molecule has 3 rings (SSSR count). The Balaban J connectivity index is 1.70. The van der Waals surface area contributed by atoms with E-state index in [0.717, 1.165) is 37.1 Å². The first-order chi connectivity index (χ1) is 12.2. The third kappa shape index (κ3) is 5.09. The Morgan fingerprint density at radius 2 is 2.04 bits per heavy atom. The van der Waals surface area contributed by atoms with Crippen molar-refractivity contribution >= 4 is 17.9 Å². The van der Waals surface area contributed by atoms with E-state index in [2.05, 4.69) is 25.6 Å². The van der Waals surface area contributed by atoms with E-state index in [1.54, 1.807) is 24.8 Å². The van der Waals surface area contributed by atoms with Gasteiger partial charge in [0, 0.05) is 30.6 Å². The van der Waals surface area contributed by atoms with Crippen LogP contribution in [0.2, 0.25) is 0 Å². The van der Waals surface area contributed by atoms with Gasteiger partial charge in [-0.3, -0.25) is 9.97 Å². The highest BCUT2D eigenvalue weighted by molar-refractivity contribution is 5.85. The quantitative estimate of drug-likeness (QED) is 0.693. The van der Waals surface area contributed by atoms with Crippen LogP contribution in [0.3, 0.4) is 0 Å². The van der Waals surface area contributed by atoms with Crippen molar-refractivity contribution in [2.75, 3.05) is 25.0 Å². The zero-order valence-corrected chi connectivity index (χ0v) is 13.9. The van der Waals surface area contributed by atoms with Gasteiger partial charge in [0.15, 0.2) is 0 Å². The molecule has 0 spiro atoms. The van der Waals surface area contributed by atoms with Gasteiger partial charge in [0.05, 0.1) is 18.1 Å². The number of aliphatic carboxylic acids is 1. The number of pyridine rings is 1. The van der Waals surface area contributed by atoms with Crippen LogP contribution in [0.15, 0.2) is 36.9 Å². The molecule has 3 heterocycles. The lowest BCUT2D eigenvalue weighted by Gasteiger charge is -2.22. The lowest BCUT2D eigenvalue weighted by Crippen LogP contribution is -2.31. The fraction of sp³-hybridized carbons (Fsp3) is 0.333. The molecule has 0 aliphatic carbocycles. The van der Waals surface area contributed by atoms with Crippen LogP contribution in [0.4, 0.5) is 5.82 Å². The van der Waals surface area contributed by atoms with Gasteiger partial charge in [0.1, 0.15) is 5.82 Å². The minimum absolute atomic E-state index is 0.651. The number of carboxylic acids is 1. The molecule has 1 aliphatic rings. The number of anilines is 1. The van der Waals surface area contributed by atoms with Crippen LogP contribution in [-0.2, 0) is 4.79 Å². The van der Waals surface area contributed by atoms with Crippen molar-refractivity contribution in [2.45, 2.75) is 12.8 Å². The monoisotopic (exact) mass is 339 g/mol. The minimum atomic E-state index is -0.991. The number of carbonyl (C=O) groups is 1. The predicted molar refractivity (Wildman–Crippen MR) is 96.0 cm³/mol.